The van der Waals surface area contributed by atoms with Gasteiger partial charge in [0.15, 0.2) is 0 Å². The Morgan fingerprint density at radius 1 is 1.19 bits per heavy atom. The summed E-state index contributed by atoms with van der Waals surface area (Å²) in [5.41, 5.74) is 1.56. The molecule has 2 aromatic carbocycles. The molecule has 5 heteroatoms. The Bertz CT molecular complexity index is 1050. The van der Waals surface area contributed by atoms with Crippen LogP contribution < -0.4 is 10.3 Å². The molecule has 4 nitrogen and oxygen atoms in total. The van der Waals surface area contributed by atoms with Crippen LogP contribution in [0.2, 0.25) is 5.02 Å². The number of H-pyrrole nitrogens is 1. The van der Waals surface area contributed by atoms with Crippen molar-refractivity contribution in [3.8, 4) is 11.8 Å². The molecule has 0 aliphatic carbocycles. The van der Waals surface area contributed by atoms with Crippen molar-refractivity contribution in [1.82, 2.24) is 4.98 Å². The van der Waals surface area contributed by atoms with E-state index in [1.54, 1.807) is 24.3 Å². The number of halogens is 1. The maximum atomic E-state index is 12.1. The zero-order valence-corrected chi connectivity index (χ0v) is 16.1. The van der Waals surface area contributed by atoms with Gasteiger partial charge in [-0.1, -0.05) is 30.7 Å². The lowest BCUT2D eigenvalue weighted by Crippen LogP contribution is -2.23. The van der Waals surface area contributed by atoms with Gasteiger partial charge in [-0.05, 0) is 60.7 Å². The second-order valence-corrected chi connectivity index (χ2v) is 7.21. The monoisotopic (exact) mass is 380 g/mol. The number of fused-ring (bicyclic) bond motifs is 1. The molecule has 1 aromatic heterocycles. The third-order valence-electron chi connectivity index (χ3n) is 4.87. The van der Waals surface area contributed by atoms with Gasteiger partial charge < -0.3 is 9.72 Å². The summed E-state index contributed by atoms with van der Waals surface area (Å²) in [6.45, 7) is 4.24. The first-order valence-electron chi connectivity index (χ1n) is 8.91. The molecule has 3 aromatic rings. The van der Waals surface area contributed by atoms with Gasteiger partial charge in [-0.3, -0.25) is 4.79 Å². The van der Waals surface area contributed by atoms with Crippen LogP contribution in [0.3, 0.4) is 0 Å². The molecule has 0 fully saturated rings. The highest BCUT2D eigenvalue weighted by Crippen LogP contribution is 2.29. The lowest BCUT2D eigenvalue weighted by molar-refractivity contribution is 0.285. The van der Waals surface area contributed by atoms with Gasteiger partial charge in [-0.25, -0.2) is 0 Å². The molecule has 1 N–H and O–H groups in total. The maximum absolute atomic E-state index is 12.1. The van der Waals surface area contributed by atoms with E-state index in [0.29, 0.717) is 24.5 Å². The lowest BCUT2D eigenvalue weighted by Gasteiger charge is -2.22. The number of aryl methyl sites for hydroxylation is 1. The number of hydrogen-bond acceptors (Lipinski definition) is 3. The molecule has 0 aliphatic rings. The van der Waals surface area contributed by atoms with Crippen molar-refractivity contribution in [3.63, 3.8) is 0 Å². The molecule has 0 saturated carbocycles. The smallest absolute Gasteiger partial charge is 0.251 e. The van der Waals surface area contributed by atoms with Crippen LogP contribution in [0.5, 0.6) is 5.75 Å². The molecule has 27 heavy (non-hydrogen) atoms. The zero-order valence-electron chi connectivity index (χ0n) is 15.4. The van der Waals surface area contributed by atoms with Crippen LogP contribution in [0.4, 0.5) is 0 Å². The Hall–Kier alpha value is -2.77. The Morgan fingerprint density at radius 2 is 1.93 bits per heavy atom. The van der Waals surface area contributed by atoms with Crippen molar-refractivity contribution >= 4 is 22.5 Å². The summed E-state index contributed by atoms with van der Waals surface area (Å²) < 4.78 is 5.75. The minimum atomic E-state index is -0.721. The van der Waals surface area contributed by atoms with Gasteiger partial charge in [-0.2, -0.15) is 5.26 Å². The molecule has 0 radical (unpaired) electrons. The summed E-state index contributed by atoms with van der Waals surface area (Å²) in [5, 5.41) is 11.4. The molecule has 0 amide bonds. The maximum Gasteiger partial charge on any atom is 0.251 e. The highest BCUT2D eigenvalue weighted by molar-refractivity contribution is 6.30. The fraction of sp³-hybridized carbons (Fsp3) is 0.273. The minimum Gasteiger partial charge on any atom is -0.494 e. The third kappa shape index (κ3) is 4.15. The lowest BCUT2D eigenvalue weighted by atomic mass is 9.81. The van der Waals surface area contributed by atoms with E-state index in [1.807, 2.05) is 38.1 Å². The van der Waals surface area contributed by atoms with Gasteiger partial charge in [0.05, 0.1) is 18.1 Å². The zero-order chi connectivity index (χ0) is 19.4. The largest absolute Gasteiger partial charge is 0.494 e. The SMILES string of the molecule is CCc1cc2ccc(C(C)(C#N)CCOc3ccc(Cl)cc3)cc2[nH]c1=O. The predicted molar refractivity (Wildman–Crippen MR) is 108 cm³/mol. The minimum absolute atomic E-state index is 0.0770. The fourth-order valence-corrected chi connectivity index (χ4v) is 3.15. The van der Waals surface area contributed by atoms with Gasteiger partial charge in [0, 0.05) is 22.5 Å². The molecular weight excluding hydrogens is 360 g/mol. The highest BCUT2D eigenvalue weighted by atomic mass is 35.5. The van der Waals surface area contributed by atoms with E-state index in [4.69, 9.17) is 16.3 Å². The normalized spacial score (nSPS) is 13.1. The van der Waals surface area contributed by atoms with Crippen LogP contribution in [-0.4, -0.2) is 11.6 Å². The highest BCUT2D eigenvalue weighted by Gasteiger charge is 2.27. The molecule has 0 bridgehead atoms. The van der Waals surface area contributed by atoms with E-state index in [-0.39, 0.29) is 5.56 Å². The van der Waals surface area contributed by atoms with Crippen LogP contribution in [0.25, 0.3) is 10.9 Å². The van der Waals surface area contributed by atoms with Crippen molar-refractivity contribution in [1.29, 1.82) is 5.26 Å². The fourth-order valence-electron chi connectivity index (χ4n) is 3.02. The van der Waals surface area contributed by atoms with Crippen LogP contribution >= 0.6 is 11.6 Å². The van der Waals surface area contributed by atoms with Crippen LogP contribution in [0.15, 0.2) is 53.3 Å². The number of nitrogens with one attached hydrogen (secondary N) is 1. The summed E-state index contributed by atoms with van der Waals surface area (Å²) in [4.78, 5) is 15.0. The molecule has 1 unspecified atom stereocenters. The van der Waals surface area contributed by atoms with E-state index in [0.717, 1.165) is 27.8 Å². The van der Waals surface area contributed by atoms with Gasteiger partial charge in [0.25, 0.3) is 5.56 Å². The first kappa shape index (κ1) is 19.0. The quantitative estimate of drug-likeness (QED) is 0.654. The van der Waals surface area contributed by atoms with Crippen molar-refractivity contribution in [2.24, 2.45) is 0 Å². The number of benzene rings is 2. The molecule has 1 atom stereocenters. The van der Waals surface area contributed by atoms with Crippen LogP contribution in [0.1, 0.15) is 31.4 Å². The standard InChI is InChI=1S/C22H21ClN2O2/c1-3-15-12-16-4-5-17(13-20(16)25-21(15)26)22(2,14-24)10-11-27-19-8-6-18(23)7-9-19/h4-9,12-13H,3,10-11H2,1-2H3,(H,25,26). The van der Waals surface area contributed by atoms with Gasteiger partial charge in [0.2, 0.25) is 0 Å². The summed E-state index contributed by atoms with van der Waals surface area (Å²) >= 11 is 5.87. The molecule has 3 rings (SSSR count). The topological polar surface area (TPSA) is 65.9 Å². The van der Waals surface area contributed by atoms with E-state index in [1.165, 1.54) is 0 Å². The summed E-state index contributed by atoms with van der Waals surface area (Å²) in [6.07, 6.45) is 1.21. The number of pyridine rings is 1. The number of hydrogen-bond donors (Lipinski definition) is 1. The van der Waals surface area contributed by atoms with Crippen LogP contribution in [0, 0.1) is 11.3 Å². The average molecular weight is 381 g/mol. The number of aromatic nitrogens is 1. The molecule has 0 saturated heterocycles. The Labute approximate surface area is 163 Å². The van der Waals surface area contributed by atoms with Gasteiger partial charge in [0.1, 0.15) is 5.75 Å². The van der Waals surface area contributed by atoms with Crippen molar-refractivity contribution in [3.05, 3.63) is 75.0 Å². The van der Waals surface area contributed by atoms with Crippen molar-refractivity contribution in [2.75, 3.05) is 6.61 Å². The van der Waals surface area contributed by atoms with E-state index >= 15 is 0 Å². The molecule has 0 aliphatic heterocycles. The first-order valence-corrected chi connectivity index (χ1v) is 9.29. The summed E-state index contributed by atoms with van der Waals surface area (Å²) in [7, 11) is 0. The Morgan fingerprint density at radius 3 is 2.59 bits per heavy atom. The second kappa shape index (κ2) is 7.85. The Kier molecular flexibility index (Phi) is 5.53. The third-order valence-corrected chi connectivity index (χ3v) is 5.12. The van der Waals surface area contributed by atoms with E-state index < -0.39 is 5.41 Å². The molecular formula is C22H21ClN2O2. The van der Waals surface area contributed by atoms with E-state index in [9.17, 15) is 10.1 Å². The summed E-state index contributed by atoms with van der Waals surface area (Å²) in [5.74, 6) is 0.717. The Balaban J connectivity index is 1.81. The van der Waals surface area contributed by atoms with E-state index in [2.05, 4.69) is 11.1 Å². The molecule has 138 valence electrons. The number of nitrogens with zero attached hydrogens (tertiary/aromatic N) is 1. The van der Waals surface area contributed by atoms with Crippen LogP contribution in [-0.2, 0) is 11.8 Å². The van der Waals surface area contributed by atoms with Gasteiger partial charge in [-0.15, -0.1) is 0 Å². The molecule has 1 heterocycles. The first-order chi connectivity index (χ1) is 12.9. The summed E-state index contributed by atoms with van der Waals surface area (Å²) in [6, 6.07) is 17.2. The van der Waals surface area contributed by atoms with Crippen molar-refractivity contribution in [2.45, 2.75) is 32.1 Å². The molecule has 0 spiro atoms. The average Bonchev–Trinajstić information content (AvgIpc) is 2.68. The second-order valence-electron chi connectivity index (χ2n) is 6.78. The van der Waals surface area contributed by atoms with Crippen molar-refractivity contribution < 1.29 is 4.74 Å². The predicted octanol–water partition coefficient (Wildman–Crippen LogP) is 4.99. The number of aromatic amines is 1. The number of ether oxygens (including phenoxy) is 1. The number of rotatable bonds is 6. The van der Waals surface area contributed by atoms with Gasteiger partial charge >= 0.3 is 0 Å². The number of nitriles is 1.